The average Bonchev–Trinajstić information content (AvgIpc) is 1.45. The number of nitrogens with zero attached hydrogens (tertiary/aromatic N) is 1. The van der Waals surface area contributed by atoms with E-state index in [1.807, 2.05) is 5.32 Å². The summed E-state index contributed by atoms with van der Waals surface area (Å²) in [5, 5.41) is 111. The quantitative estimate of drug-likeness (QED) is 0.0233. The molecule has 0 aliphatic heterocycles. The molecule has 0 aliphatic rings. The highest BCUT2D eigenvalue weighted by atomic mass is 16.4. The largest absolute Gasteiger partial charge is 0.508 e. The van der Waals surface area contributed by atoms with Crippen molar-refractivity contribution in [1.29, 1.82) is 0 Å². The molecule has 45 nitrogen and oxygen atoms in total. The smallest absolute Gasteiger partial charge is 0.326 e. The Labute approximate surface area is 658 Å². The molecule has 15 atom stereocenters. The summed E-state index contributed by atoms with van der Waals surface area (Å²) in [5.74, 6) is -22.5. The number of aliphatic hydroxyl groups excluding tert-OH is 4. The molecule has 636 valence electrons. The minimum absolute atomic E-state index is 0.0230. The summed E-state index contributed by atoms with van der Waals surface area (Å²) in [6, 6.07) is -12.7. The van der Waals surface area contributed by atoms with Crippen molar-refractivity contribution in [2.24, 2.45) is 34.6 Å². The highest BCUT2D eigenvalue weighted by molar-refractivity contribution is 6.01. The molecule has 0 spiro atoms. The van der Waals surface area contributed by atoms with Gasteiger partial charge in [0.15, 0.2) is 0 Å². The van der Waals surface area contributed by atoms with Crippen LogP contribution in [0.1, 0.15) is 109 Å². The maximum absolute atomic E-state index is 14.4. The minimum Gasteiger partial charge on any atom is -0.508 e. The maximum atomic E-state index is 14.4. The zero-order valence-corrected chi connectivity index (χ0v) is 63.6. The summed E-state index contributed by atoms with van der Waals surface area (Å²) in [7, 11) is 0. The van der Waals surface area contributed by atoms with Crippen LogP contribution < -0.4 is 97.8 Å². The van der Waals surface area contributed by atoms with Crippen molar-refractivity contribution in [1.82, 2.24) is 79.1 Å². The molecule has 0 aliphatic carbocycles. The lowest BCUT2D eigenvalue weighted by molar-refractivity contribution is -0.142. The van der Waals surface area contributed by atoms with E-state index in [9.17, 15) is 122 Å². The molecule has 0 saturated heterocycles. The maximum Gasteiger partial charge on any atom is 0.326 e. The summed E-state index contributed by atoms with van der Waals surface area (Å²) in [6.45, 7) is 1.93. The third kappa shape index (κ3) is 34.9. The SMILES string of the molecule is CC(C)[C@H](NC(=O)[C@H](CC(=O)O)NC(=O)[C@H](CC(N)=O)NC(=O)[C@@H](NC(=O)[C@H](Cc1ccc(O)cc1)NC(=O)[C@@H](NC(=O)CNC(=O)[C@H](CCC(N)=O)NC(=O)[C@H](CO)NC(=O)[C@@H](N)Cc1c[nH]cn1)[C@@H](C)O)[C@@H](C)O)C(=O)N[C@@H](CO)C(=O)N[C@@H](CCCCN)C(=O)N[C@@H](Cc1ccc(O)cc1)C(=O)N[C@@H](CCCCN)C(=O)O. The van der Waals surface area contributed by atoms with Crippen LogP contribution >= 0.6 is 0 Å². The van der Waals surface area contributed by atoms with Gasteiger partial charge in [0, 0.05) is 31.9 Å². The molecule has 1 heterocycles. The van der Waals surface area contributed by atoms with Gasteiger partial charge in [0.1, 0.15) is 84.0 Å². The number of carboxylic acid groups (broad SMARTS) is 2. The molecular weight excluding hydrogens is 1520 g/mol. The number of benzene rings is 2. The summed E-state index contributed by atoms with van der Waals surface area (Å²) in [5.41, 5.74) is 28.9. The van der Waals surface area contributed by atoms with Gasteiger partial charge in [-0.3, -0.25) is 76.7 Å². The zero-order chi connectivity index (χ0) is 86.3. The average molecular weight is 1630 g/mol. The van der Waals surface area contributed by atoms with E-state index in [1.54, 1.807) is 0 Å². The van der Waals surface area contributed by atoms with Gasteiger partial charge in [-0.15, -0.1) is 0 Å². The number of hydrogen-bond acceptors (Lipinski definition) is 27. The molecule has 0 saturated carbocycles. The first-order valence-corrected chi connectivity index (χ1v) is 36.4. The van der Waals surface area contributed by atoms with Crippen LogP contribution in [-0.4, -0.2) is 275 Å². The first-order valence-electron chi connectivity index (χ1n) is 36.4. The number of phenols is 2. The third-order valence-corrected chi connectivity index (χ3v) is 17.3. The number of imidazole rings is 1. The van der Waals surface area contributed by atoms with E-state index in [2.05, 4.69) is 73.8 Å². The molecule has 32 N–H and O–H groups in total. The number of aliphatic hydroxyl groups is 4. The molecule has 3 rings (SSSR count). The first kappa shape index (κ1) is 97.2. The van der Waals surface area contributed by atoms with Gasteiger partial charge in [0.25, 0.3) is 0 Å². The summed E-state index contributed by atoms with van der Waals surface area (Å²) in [6.07, 6.45) is -4.16. The number of carbonyl (C=O) groups is 17. The van der Waals surface area contributed by atoms with E-state index >= 15 is 0 Å². The predicted octanol–water partition coefficient (Wildman–Crippen LogP) is -10.5. The van der Waals surface area contributed by atoms with Crippen LogP contribution in [0.15, 0.2) is 61.1 Å². The number of hydrogen-bond donors (Lipinski definition) is 27. The van der Waals surface area contributed by atoms with E-state index in [0.29, 0.717) is 30.5 Å². The van der Waals surface area contributed by atoms with E-state index < -0.39 is 249 Å². The van der Waals surface area contributed by atoms with Crippen LogP contribution in [0.4, 0.5) is 0 Å². The number of aromatic nitrogens is 2. The van der Waals surface area contributed by atoms with Crippen molar-refractivity contribution in [3.8, 4) is 11.5 Å². The van der Waals surface area contributed by atoms with Crippen molar-refractivity contribution in [2.75, 3.05) is 32.8 Å². The molecule has 2 aromatic carbocycles. The summed E-state index contributed by atoms with van der Waals surface area (Å²) in [4.78, 5) is 235. The Balaban J connectivity index is 1.85. The van der Waals surface area contributed by atoms with Crippen LogP contribution in [0.25, 0.3) is 0 Å². The molecule has 115 heavy (non-hydrogen) atoms. The van der Waals surface area contributed by atoms with Crippen molar-refractivity contribution in [3.05, 3.63) is 77.9 Å². The number of nitrogens with two attached hydrogens (primary N) is 5. The fourth-order valence-corrected chi connectivity index (χ4v) is 10.9. The summed E-state index contributed by atoms with van der Waals surface area (Å²) < 4.78 is 0. The number of unbranched alkanes of at least 4 members (excludes halogenated alkanes) is 2. The number of primary amides is 2. The number of nitrogens with one attached hydrogen (secondary N) is 14. The summed E-state index contributed by atoms with van der Waals surface area (Å²) >= 11 is 0. The van der Waals surface area contributed by atoms with Crippen LogP contribution in [0.5, 0.6) is 11.5 Å². The number of aromatic amines is 1. The van der Waals surface area contributed by atoms with Gasteiger partial charge in [-0.2, -0.15) is 0 Å². The van der Waals surface area contributed by atoms with Gasteiger partial charge in [0.2, 0.25) is 88.6 Å². The second-order valence-electron chi connectivity index (χ2n) is 27.2. The Hall–Kier alpha value is -12.0. The second-order valence-corrected chi connectivity index (χ2v) is 27.2. The minimum atomic E-state index is -2.20. The standard InChI is InChI=1S/C70H106N20O25/c1-33(2)55(67(111)87-50(31-92)66(110)79-42(9-5-7-21-71)60(104)82-45(23-36-11-15-39(95)16-12-36)61(105)81-44(70(114)115)10-6-8-22-72)89-64(108)48(27-54(100)101)83-62(106)47(26-52(75)98)85-69(113)57(35(4)94)90-63(107)46(24-37-13-17-40(96)18-14-37)84-68(112)56(34(3)93)88-53(99)29-77-59(103)43(19-20-51(74)97)80-65(109)49(30-91)86-58(102)41(73)25-38-28-76-32-78-38/h11-18,28,32-35,41-50,55-57,91-96H,5-10,19-27,29-31,71-73H2,1-4H3,(H2,74,97)(H2,75,98)(H,76,78)(H,77,103)(H,79,110)(H,80,109)(H,81,105)(H,82,104)(H,83,106)(H,84,112)(H,85,113)(H,86,102)(H,87,111)(H,88,99)(H,89,108)(H,90,107)(H,100,101)(H,114,115)/t34-,35-,41+,42+,43+,44+,45+,46+,47+,48+,49+,50+,55+,56+,57+/m1/s1. The molecule has 3 aromatic rings. The Kier molecular flexibility index (Phi) is 41.8. The number of amides is 15. The third-order valence-electron chi connectivity index (χ3n) is 17.3. The highest BCUT2D eigenvalue weighted by Gasteiger charge is 2.40. The molecule has 0 unspecified atom stereocenters. The Morgan fingerprint density at radius 3 is 1.26 bits per heavy atom. The topological polar surface area (TPSA) is 767 Å². The zero-order valence-electron chi connectivity index (χ0n) is 63.6. The number of carboxylic acids is 2. The van der Waals surface area contributed by atoms with E-state index in [1.165, 1.54) is 74.9 Å². The lowest BCUT2D eigenvalue weighted by Gasteiger charge is -2.29. The molecular formula is C70H106N20O25. The Bertz CT molecular complexity index is 3800. The number of rotatable bonds is 53. The monoisotopic (exact) mass is 1630 g/mol. The van der Waals surface area contributed by atoms with Crippen molar-refractivity contribution in [2.45, 2.75) is 202 Å². The van der Waals surface area contributed by atoms with Gasteiger partial charge in [-0.1, -0.05) is 38.1 Å². The molecule has 0 fully saturated rings. The number of phenolic OH excluding ortho intramolecular Hbond substituents is 2. The van der Waals surface area contributed by atoms with Crippen LogP contribution in [-0.2, 0) is 101 Å². The number of aromatic hydroxyl groups is 2. The predicted molar refractivity (Wildman–Crippen MR) is 400 cm³/mol. The second kappa shape index (κ2) is 49.5. The fourth-order valence-electron chi connectivity index (χ4n) is 10.9. The number of H-pyrrole nitrogens is 1. The highest BCUT2D eigenvalue weighted by Crippen LogP contribution is 2.16. The lowest BCUT2D eigenvalue weighted by atomic mass is 10.0. The van der Waals surface area contributed by atoms with Gasteiger partial charge in [-0.05, 0) is 113 Å². The van der Waals surface area contributed by atoms with E-state index in [0.717, 1.165) is 13.8 Å². The van der Waals surface area contributed by atoms with Crippen LogP contribution in [0, 0.1) is 5.92 Å². The molecule has 0 bridgehead atoms. The molecule has 1 aromatic heterocycles. The normalized spacial score (nSPS) is 15.0. The van der Waals surface area contributed by atoms with E-state index in [-0.39, 0.29) is 62.3 Å². The van der Waals surface area contributed by atoms with Crippen molar-refractivity contribution >= 4 is 101 Å². The first-order chi connectivity index (χ1) is 54.2. The fraction of sp³-hybridized carbons (Fsp3) is 0.543. The van der Waals surface area contributed by atoms with Gasteiger partial charge in [-0.25, -0.2) is 9.78 Å². The lowest BCUT2D eigenvalue weighted by Crippen LogP contribution is -2.63. The number of aliphatic carboxylic acids is 2. The van der Waals surface area contributed by atoms with Gasteiger partial charge in [0.05, 0.1) is 62.9 Å². The molecule has 45 heteroatoms. The Morgan fingerprint density at radius 2 is 0.809 bits per heavy atom. The molecule has 0 radical (unpaired) electrons. The van der Waals surface area contributed by atoms with Crippen molar-refractivity contribution in [3.63, 3.8) is 0 Å². The van der Waals surface area contributed by atoms with Gasteiger partial charge >= 0.3 is 11.9 Å². The van der Waals surface area contributed by atoms with Gasteiger partial charge < -0.3 is 144 Å². The van der Waals surface area contributed by atoms with E-state index in [4.69, 9.17) is 28.7 Å². The number of carbonyl (C=O) groups excluding carboxylic acids is 15. The van der Waals surface area contributed by atoms with Crippen LogP contribution in [0.2, 0.25) is 0 Å². The van der Waals surface area contributed by atoms with Crippen molar-refractivity contribution < 1.29 is 122 Å². The Morgan fingerprint density at radius 1 is 0.426 bits per heavy atom. The molecule has 15 amide bonds. The van der Waals surface area contributed by atoms with Crippen LogP contribution in [0.3, 0.4) is 0 Å².